The Morgan fingerprint density at radius 2 is 1.52 bits per heavy atom. The Labute approximate surface area is 192 Å². The first kappa shape index (κ1) is 22.2. The van der Waals surface area contributed by atoms with Crippen LogP contribution in [0.1, 0.15) is 0 Å². The summed E-state index contributed by atoms with van der Waals surface area (Å²) in [4.78, 5) is 4.24. The molecule has 8 nitrogen and oxygen atoms in total. The number of pyridine rings is 1. The number of nitrogens with two attached hydrogens (primary N) is 1. The smallest absolute Gasteiger partial charge is 0.268 e. The van der Waals surface area contributed by atoms with Crippen LogP contribution in [0, 0.1) is 0 Å². The largest absolute Gasteiger partial charge is 0.497 e. The van der Waals surface area contributed by atoms with E-state index >= 15 is 0 Å². The van der Waals surface area contributed by atoms with Crippen molar-refractivity contribution >= 4 is 15.8 Å². The van der Waals surface area contributed by atoms with Crippen LogP contribution in [0.25, 0.3) is 22.4 Å². The predicted molar refractivity (Wildman–Crippen MR) is 126 cm³/mol. The van der Waals surface area contributed by atoms with E-state index in [1.54, 1.807) is 68.0 Å². The van der Waals surface area contributed by atoms with Crippen molar-refractivity contribution in [2.24, 2.45) is 0 Å². The summed E-state index contributed by atoms with van der Waals surface area (Å²) < 4.78 is 44.7. The van der Waals surface area contributed by atoms with Gasteiger partial charge in [0.25, 0.3) is 10.0 Å². The molecule has 0 saturated carbocycles. The van der Waals surface area contributed by atoms with Crippen molar-refractivity contribution < 1.29 is 22.6 Å². The first-order valence-corrected chi connectivity index (χ1v) is 11.4. The van der Waals surface area contributed by atoms with Gasteiger partial charge in [-0.15, -0.1) is 0 Å². The first-order valence-electron chi connectivity index (χ1n) is 9.93. The van der Waals surface area contributed by atoms with E-state index in [0.29, 0.717) is 39.9 Å². The molecule has 4 rings (SSSR count). The molecular formula is C24H23N3O5S. The van der Waals surface area contributed by atoms with Gasteiger partial charge in [0.05, 0.1) is 31.9 Å². The van der Waals surface area contributed by atoms with Gasteiger partial charge in [0.1, 0.15) is 23.1 Å². The number of hydrogen-bond acceptors (Lipinski definition) is 7. The van der Waals surface area contributed by atoms with Gasteiger partial charge in [-0.3, -0.25) is 0 Å². The molecule has 0 aliphatic carbocycles. The van der Waals surface area contributed by atoms with Gasteiger partial charge < -0.3 is 19.9 Å². The summed E-state index contributed by atoms with van der Waals surface area (Å²) in [5.74, 6) is 2.00. The van der Waals surface area contributed by atoms with Crippen molar-refractivity contribution in [2.45, 2.75) is 4.90 Å². The number of anilines is 1. The Morgan fingerprint density at radius 3 is 2.12 bits per heavy atom. The zero-order chi connectivity index (χ0) is 23.6. The minimum Gasteiger partial charge on any atom is -0.497 e. The number of aromatic nitrogens is 2. The molecule has 2 heterocycles. The number of ether oxygens (including phenoxy) is 3. The zero-order valence-corrected chi connectivity index (χ0v) is 19.2. The minimum absolute atomic E-state index is 0.115. The Kier molecular flexibility index (Phi) is 5.97. The molecule has 0 aliphatic heterocycles. The first-order chi connectivity index (χ1) is 15.9. The molecule has 0 saturated heterocycles. The summed E-state index contributed by atoms with van der Waals surface area (Å²) in [5, 5.41) is 0. The van der Waals surface area contributed by atoms with E-state index in [-0.39, 0.29) is 4.90 Å². The summed E-state index contributed by atoms with van der Waals surface area (Å²) >= 11 is 0. The molecule has 33 heavy (non-hydrogen) atoms. The van der Waals surface area contributed by atoms with Gasteiger partial charge >= 0.3 is 0 Å². The van der Waals surface area contributed by atoms with Crippen molar-refractivity contribution in [3.63, 3.8) is 0 Å². The summed E-state index contributed by atoms with van der Waals surface area (Å²) in [6.45, 7) is 0. The lowest BCUT2D eigenvalue weighted by atomic mass is 10.1. The van der Waals surface area contributed by atoms with E-state index in [9.17, 15) is 8.42 Å². The fraction of sp³-hybridized carbons (Fsp3) is 0.125. The van der Waals surface area contributed by atoms with E-state index in [1.165, 1.54) is 30.3 Å². The minimum atomic E-state index is -3.96. The van der Waals surface area contributed by atoms with Gasteiger partial charge in [0, 0.05) is 29.1 Å². The van der Waals surface area contributed by atoms with Crippen LogP contribution in [0.4, 0.5) is 5.82 Å². The van der Waals surface area contributed by atoms with Crippen LogP contribution in [-0.2, 0) is 10.0 Å². The Bertz CT molecular complexity index is 1380. The van der Waals surface area contributed by atoms with E-state index in [0.717, 1.165) is 5.56 Å². The maximum absolute atomic E-state index is 13.7. The van der Waals surface area contributed by atoms with Gasteiger partial charge in [-0.1, -0.05) is 0 Å². The van der Waals surface area contributed by atoms with Gasteiger partial charge in [-0.2, -0.15) is 0 Å². The number of nitrogen functional groups attached to an aromatic ring is 1. The third-order valence-corrected chi connectivity index (χ3v) is 6.89. The van der Waals surface area contributed by atoms with Crippen LogP contribution in [0.3, 0.4) is 0 Å². The summed E-state index contributed by atoms with van der Waals surface area (Å²) in [6.07, 6.45) is 3.16. The molecule has 0 atom stereocenters. The molecule has 4 aromatic rings. The fourth-order valence-corrected chi connectivity index (χ4v) is 4.82. The van der Waals surface area contributed by atoms with Gasteiger partial charge in [-0.05, 0) is 60.7 Å². The highest BCUT2D eigenvalue weighted by atomic mass is 32.2. The Hall–Kier alpha value is -3.98. The molecule has 0 fully saturated rings. The standard InChI is InChI=1S/C24H23N3O5S/c1-30-18-5-8-20(9-6-18)33(28,29)27-15-17(16-4-11-24(25)26-14-16)12-22(27)21-13-19(31-2)7-10-23(21)32-3/h4-15H,1-3H3,(H2,25,26). The third kappa shape index (κ3) is 4.22. The second kappa shape index (κ2) is 8.87. The number of benzene rings is 2. The van der Waals surface area contributed by atoms with Crippen LogP contribution in [0.5, 0.6) is 17.2 Å². The van der Waals surface area contributed by atoms with Crippen molar-refractivity contribution in [1.82, 2.24) is 8.96 Å². The van der Waals surface area contributed by atoms with Crippen molar-refractivity contribution in [1.29, 1.82) is 0 Å². The molecule has 0 aliphatic rings. The molecule has 0 spiro atoms. The van der Waals surface area contributed by atoms with Crippen LogP contribution >= 0.6 is 0 Å². The van der Waals surface area contributed by atoms with Crippen molar-refractivity contribution in [3.8, 4) is 39.6 Å². The summed E-state index contributed by atoms with van der Waals surface area (Å²) in [6, 6.07) is 16.7. The van der Waals surface area contributed by atoms with Crippen LogP contribution in [0.15, 0.2) is 78.0 Å². The zero-order valence-electron chi connectivity index (χ0n) is 18.3. The van der Waals surface area contributed by atoms with Crippen LogP contribution in [0.2, 0.25) is 0 Å². The highest BCUT2D eigenvalue weighted by Gasteiger charge is 2.24. The molecule has 2 aromatic carbocycles. The molecule has 2 aromatic heterocycles. The number of methoxy groups -OCH3 is 3. The third-order valence-electron chi connectivity index (χ3n) is 5.20. The maximum Gasteiger partial charge on any atom is 0.268 e. The van der Waals surface area contributed by atoms with E-state index in [1.807, 2.05) is 0 Å². The quantitative estimate of drug-likeness (QED) is 0.439. The van der Waals surface area contributed by atoms with Gasteiger partial charge in [-0.25, -0.2) is 17.4 Å². The number of hydrogen-bond donors (Lipinski definition) is 1. The predicted octanol–water partition coefficient (Wildman–Crippen LogP) is 4.06. The topological polar surface area (TPSA) is 106 Å². The van der Waals surface area contributed by atoms with E-state index in [2.05, 4.69) is 4.98 Å². The van der Waals surface area contributed by atoms with E-state index in [4.69, 9.17) is 19.9 Å². The Balaban J connectivity index is 1.96. The normalized spacial score (nSPS) is 11.2. The second-order valence-corrected chi connectivity index (χ2v) is 8.94. The van der Waals surface area contributed by atoms with Crippen LogP contribution < -0.4 is 19.9 Å². The molecule has 0 radical (unpaired) electrons. The lowest BCUT2D eigenvalue weighted by Crippen LogP contribution is -2.13. The fourth-order valence-electron chi connectivity index (χ4n) is 3.45. The molecule has 0 unspecified atom stereocenters. The average molecular weight is 466 g/mol. The average Bonchev–Trinajstić information content (AvgIpc) is 3.30. The number of rotatable bonds is 7. The second-order valence-electron chi connectivity index (χ2n) is 7.13. The van der Waals surface area contributed by atoms with E-state index < -0.39 is 10.0 Å². The number of nitrogens with zero attached hydrogens (tertiary/aromatic N) is 2. The van der Waals surface area contributed by atoms with Crippen molar-refractivity contribution in [3.05, 3.63) is 73.1 Å². The monoisotopic (exact) mass is 465 g/mol. The molecule has 170 valence electrons. The summed E-state index contributed by atoms with van der Waals surface area (Å²) in [7, 11) is 0.635. The molecule has 0 bridgehead atoms. The highest BCUT2D eigenvalue weighted by Crippen LogP contribution is 2.38. The van der Waals surface area contributed by atoms with Crippen molar-refractivity contribution in [2.75, 3.05) is 27.1 Å². The maximum atomic E-state index is 13.7. The molecular weight excluding hydrogens is 442 g/mol. The summed E-state index contributed by atoms with van der Waals surface area (Å²) in [5.41, 5.74) is 8.06. The SMILES string of the molecule is COc1ccc(S(=O)(=O)n2cc(-c3ccc(N)nc3)cc2-c2cc(OC)ccc2OC)cc1. The van der Waals surface area contributed by atoms with Crippen LogP contribution in [-0.4, -0.2) is 38.7 Å². The Morgan fingerprint density at radius 1 is 0.818 bits per heavy atom. The molecule has 9 heteroatoms. The van der Waals surface area contributed by atoms with Gasteiger partial charge in [0.2, 0.25) is 0 Å². The lowest BCUT2D eigenvalue weighted by Gasteiger charge is -2.14. The molecule has 0 amide bonds. The van der Waals surface area contributed by atoms with Gasteiger partial charge in [0.15, 0.2) is 0 Å². The molecule has 2 N–H and O–H groups in total. The lowest BCUT2D eigenvalue weighted by molar-refractivity contribution is 0.404. The highest BCUT2D eigenvalue weighted by molar-refractivity contribution is 7.90.